The summed E-state index contributed by atoms with van der Waals surface area (Å²) in [6.07, 6.45) is 0. The molecule has 0 unspecified atom stereocenters. The lowest BCUT2D eigenvalue weighted by atomic mass is 10.4. The predicted octanol–water partition coefficient (Wildman–Crippen LogP) is 2.25. The molecule has 1 nitrogen and oxygen atoms in total. The second kappa shape index (κ2) is 2.64. The van der Waals surface area contributed by atoms with Gasteiger partial charge >= 0.3 is 0 Å². The number of benzene rings is 1. The molecule has 0 bridgehead atoms. The molecule has 1 aromatic carbocycles. The molecule has 0 saturated carbocycles. The maximum atomic E-state index is 11.5. The van der Waals surface area contributed by atoms with Crippen LogP contribution in [0.5, 0.6) is 0 Å². The zero-order valence-corrected chi connectivity index (χ0v) is 7.74. The van der Waals surface area contributed by atoms with Crippen LogP contribution >= 0.6 is 11.8 Å². The lowest BCUT2D eigenvalue weighted by Gasteiger charge is -1.94. The molecule has 0 aliphatic carbocycles. The molecule has 0 saturated heterocycles. The zero-order valence-electron chi connectivity index (χ0n) is 6.11. The molecule has 0 radical (unpaired) electrons. The van der Waals surface area contributed by atoms with Gasteiger partial charge in [0.25, 0.3) is 0 Å². The second-order valence-corrected chi connectivity index (χ2v) is 5.85. The van der Waals surface area contributed by atoms with Gasteiger partial charge in [0.2, 0.25) is 0 Å². The fraction of sp³-hybridized carbons (Fsp3) is 0.250. The summed E-state index contributed by atoms with van der Waals surface area (Å²) < 4.78 is 11.7. The van der Waals surface area contributed by atoms with Crippen molar-refractivity contribution in [3.63, 3.8) is 0 Å². The normalized spacial score (nSPS) is 28.5. The van der Waals surface area contributed by atoms with E-state index in [1.54, 1.807) is 11.8 Å². The van der Waals surface area contributed by atoms with Crippen LogP contribution in [0, 0.1) is 0 Å². The average Bonchev–Trinajstić information content (AvgIpc) is 2.30. The molecule has 0 aromatic heterocycles. The van der Waals surface area contributed by atoms with Crippen molar-refractivity contribution in [3.05, 3.63) is 24.3 Å². The Morgan fingerprint density at radius 3 is 2.91 bits per heavy atom. The maximum absolute atomic E-state index is 11.5. The van der Waals surface area contributed by atoms with Crippen LogP contribution in [0.15, 0.2) is 34.1 Å². The average molecular weight is 184 g/mol. The molecule has 1 aromatic rings. The lowest BCUT2D eigenvalue weighted by Crippen LogP contribution is -1.97. The molecule has 1 aliphatic rings. The first-order chi connectivity index (χ1) is 5.29. The monoisotopic (exact) mass is 184 g/mol. The topological polar surface area (TPSA) is 17.1 Å². The summed E-state index contributed by atoms with van der Waals surface area (Å²) in [4.78, 5) is 2.18. The van der Waals surface area contributed by atoms with Crippen molar-refractivity contribution in [1.82, 2.24) is 0 Å². The third-order valence-corrected chi connectivity index (χ3v) is 4.94. The van der Waals surface area contributed by atoms with E-state index in [4.69, 9.17) is 0 Å². The molecule has 3 heteroatoms. The molecule has 58 valence electrons. The van der Waals surface area contributed by atoms with Gasteiger partial charge in [-0.05, 0) is 19.1 Å². The van der Waals surface area contributed by atoms with Crippen LogP contribution in [-0.2, 0) is 10.8 Å². The maximum Gasteiger partial charge on any atom is 0.0867 e. The Balaban J connectivity index is 2.55. The van der Waals surface area contributed by atoms with Crippen LogP contribution in [0.4, 0.5) is 0 Å². The molecule has 11 heavy (non-hydrogen) atoms. The fourth-order valence-electron chi connectivity index (χ4n) is 1.12. The van der Waals surface area contributed by atoms with Crippen LogP contribution < -0.4 is 0 Å². The van der Waals surface area contributed by atoms with Crippen molar-refractivity contribution in [1.29, 1.82) is 0 Å². The summed E-state index contributed by atoms with van der Waals surface area (Å²) in [6, 6.07) is 7.90. The van der Waals surface area contributed by atoms with Gasteiger partial charge < -0.3 is 0 Å². The first-order valence-electron chi connectivity index (χ1n) is 3.45. The summed E-state index contributed by atoms with van der Waals surface area (Å²) in [5.74, 6) is 0. The van der Waals surface area contributed by atoms with Gasteiger partial charge in [0, 0.05) is 4.90 Å². The van der Waals surface area contributed by atoms with Crippen LogP contribution in [0.2, 0.25) is 0 Å². The molecule has 0 N–H and O–H groups in total. The summed E-state index contributed by atoms with van der Waals surface area (Å²) in [5, 5.41) is 0. The number of thioether (sulfide) groups is 1. The van der Waals surface area contributed by atoms with Crippen LogP contribution in [0.25, 0.3) is 0 Å². The Kier molecular flexibility index (Phi) is 1.77. The smallest absolute Gasteiger partial charge is 0.0867 e. The van der Waals surface area contributed by atoms with Gasteiger partial charge in [-0.2, -0.15) is 0 Å². The third-order valence-electron chi connectivity index (χ3n) is 1.66. The van der Waals surface area contributed by atoms with E-state index >= 15 is 0 Å². The number of fused-ring (bicyclic) bond motifs is 1. The van der Waals surface area contributed by atoms with Crippen molar-refractivity contribution in [3.8, 4) is 0 Å². The number of hydrogen-bond acceptors (Lipinski definition) is 2. The molecule has 1 heterocycles. The van der Waals surface area contributed by atoms with E-state index in [9.17, 15) is 4.21 Å². The van der Waals surface area contributed by atoms with E-state index in [-0.39, 0.29) is 4.58 Å². The van der Waals surface area contributed by atoms with Gasteiger partial charge in [0.05, 0.1) is 20.3 Å². The van der Waals surface area contributed by atoms with E-state index in [0.717, 1.165) is 4.90 Å². The first-order valence-corrected chi connectivity index (χ1v) is 5.54. The SMILES string of the molecule is C[C@H]1Sc2ccccc2[S@]1=O. The lowest BCUT2D eigenvalue weighted by molar-refractivity contribution is 0.682. The van der Waals surface area contributed by atoms with Crippen LogP contribution in [0.1, 0.15) is 6.92 Å². The predicted molar refractivity (Wildman–Crippen MR) is 48.2 cm³/mol. The minimum Gasteiger partial charge on any atom is -0.253 e. The Hall–Kier alpha value is -0.280. The van der Waals surface area contributed by atoms with Gasteiger partial charge in [0.15, 0.2) is 0 Å². The van der Waals surface area contributed by atoms with Gasteiger partial charge in [-0.3, -0.25) is 4.21 Å². The molecule has 0 fully saturated rings. The number of rotatable bonds is 0. The Morgan fingerprint density at radius 1 is 1.45 bits per heavy atom. The minimum atomic E-state index is -0.780. The quantitative estimate of drug-likeness (QED) is 0.615. The van der Waals surface area contributed by atoms with E-state index in [1.165, 1.54) is 4.90 Å². The van der Waals surface area contributed by atoms with Crippen molar-refractivity contribution in [2.75, 3.05) is 0 Å². The van der Waals surface area contributed by atoms with E-state index < -0.39 is 10.8 Å². The van der Waals surface area contributed by atoms with Crippen LogP contribution in [-0.4, -0.2) is 8.79 Å². The molecule has 2 rings (SSSR count). The highest BCUT2D eigenvalue weighted by Crippen LogP contribution is 2.39. The highest BCUT2D eigenvalue weighted by Gasteiger charge is 2.25. The molecule has 2 atom stereocenters. The summed E-state index contributed by atoms with van der Waals surface area (Å²) in [7, 11) is -0.780. The van der Waals surface area contributed by atoms with Crippen molar-refractivity contribution >= 4 is 22.6 Å². The second-order valence-electron chi connectivity index (χ2n) is 2.43. The van der Waals surface area contributed by atoms with E-state index in [1.807, 2.05) is 31.2 Å². The summed E-state index contributed by atoms with van der Waals surface area (Å²) >= 11 is 1.70. The Labute approximate surface area is 72.7 Å². The van der Waals surface area contributed by atoms with Gasteiger partial charge in [-0.1, -0.05) is 12.1 Å². The van der Waals surface area contributed by atoms with Crippen molar-refractivity contribution in [2.45, 2.75) is 21.3 Å². The minimum absolute atomic E-state index is 0.229. The Morgan fingerprint density at radius 2 is 2.18 bits per heavy atom. The summed E-state index contributed by atoms with van der Waals surface area (Å²) in [5.41, 5.74) is 0. The highest BCUT2D eigenvalue weighted by molar-refractivity contribution is 8.13. The van der Waals surface area contributed by atoms with Gasteiger partial charge in [-0.25, -0.2) is 0 Å². The highest BCUT2D eigenvalue weighted by atomic mass is 32.2. The molecule has 0 spiro atoms. The Bertz CT molecular complexity index is 309. The van der Waals surface area contributed by atoms with E-state index in [2.05, 4.69) is 0 Å². The summed E-state index contributed by atoms with van der Waals surface area (Å²) in [6.45, 7) is 2.00. The largest absolute Gasteiger partial charge is 0.253 e. The standard InChI is InChI=1S/C8H8OS2/c1-6-10-7-4-2-3-5-8(7)11(6)9/h2-6H,1H3/t6-,11-/m0/s1. The van der Waals surface area contributed by atoms with Crippen LogP contribution in [0.3, 0.4) is 0 Å². The zero-order chi connectivity index (χ0) is 7.84. The first kappa shape index (κ1) is 7.37. The molecular formula is C8H8OS2. The number of hydrogen-bond donors (Lipinski definition) is 0. The van der Waals surface area contributed by atoms with Crippen molar-refractivity contribution in [2.24, 2.45) is 0 Å². The third kappa shape index (κ3) is 1.12. The van der Waals surface area contributed by atoms with Crippen molar-refractivity contribution < 1.29 is 4.21 Å². The van der Waals surface area contributed by atoms with Gasteiger partial charge in [0.1, 0.15) is 0 Å². The molecule has 1 aliphatic heterocycles. The van der Waals surface area contributed by atoms with E-state index in [0.29, 0.717) is 0 Å². The molecule has 0 amide bonds. The fourth-order valence-corrected chi connectivity index (χ4v) is 4.01. The van der Waals surface area contributed by atoms with Gasteiger partial charge in [-0.15, -0.1) is 11.8 Å². The molecular weight excluding hydrogens is 176 g/mol.